The van der Waals surface area contributed by atoms with Gasteiger partial charge in [-0.1, -0.05) is 0 Å². The Balaban J connectivity index is 5.86. The minimum Gasteiger partial charge on any atom is -0.447 e. The molecule has 0 saturated carbocycles. The van der Waals surface area contributed by atoms with Crippen molar-refractivity contribution in [3.8, 4) is 0 Å². The van der Waals surface area contributed by atoms with Gasteiger partial charge in [0.05, 0.1) is 117 Å². The Kier molecular flexibility index (Phi) is 44.9. The van der Waals surface area contributed by atoms with Gasteiger partial charge in [0.2, 0.25) is 41.4 Å². The number of nitrogens with one attached hydrogen (secondary N) is 2. The van der Waals surface area contributed by atoms with Crippen molar-refractivity contribution in [3.05, 3.63) is 0 Å². The zero-order chi connectivity index (χ0) is 73.9. The van der Waals surface area contributed by atoms with Gasteiger partial charge in [-0.25, -0.2) is 4.79 Å². The molecule has 562 valence electrons. The number of carbonyl (C=O) groups excluding carboxylic acids is 8. The number of likely N-dealkylation sites (N-methyl/N-ethyl adjacent to an activating group) is 7. The highest BCUT2D eigenvalue weighted by molar-refractivity contribution is 5.93. The number of nitrogens with zero attached hydrogens (tertiary/aromatic N) is 8. The quantitative estimate of drug-likeness (QED) is 0.0252. The van der Waals surface area contributed by atoms with E-state index >= 15 is 0 Å². The van der Waals surface area contributed by atoms with Crippen LogP contribution < -0.4 is 10.6 Å². The van der Waals surface area contributed by atoms with Crippen LogP contribution in [0.15, 0.2) is 0 Å². The molecule has 0 spiro atoms. The van der Waals surface area contributed by atoms with Crippen LogP contribution in [0.2, 0.25) is 0 Å². The molecular weight excluding hydrogens is 1300 g/mol. The predicted octanol–water partition coefficient (Wildman–Crippen LogP) is -16.3. The third-order valence-corrected chi connectivity index (χ3v) is 15.0. The molecule has 1 unspecified atom stereocenters. The van der Waals surface area contributed by atoms with Gasteiger partial charge >= 0.3 is 6.09 Å². The number of aliphatic hydroxyl groups excluding tert-OH is 20. The van der Waals surface area contributed by atoms with E-state index in [4.69, 9.17) is 24.4 Å². The number of carbonyl (C=O) groups is 8. The molecule has 41 nitrogen and oxygen atoms in total. The summed E-state index contributed by atoms with van der Waals surface area (Å²) in [6.45, 7) is -11.4. The minimum absolute atomic E-state index is 0.0539. The topological polar surface area (TPSA) is 619 Å². The Bertz CT molecular complexity index is 2220. The van der Waals surface area contributed by atoms with Crippen molar-refractivity contribution in [1.29, 1.82) is 0 Å². The number of rotatable bonds is 51. The molecule has 17 atom stereocenters. The summed E-state index contributed by atoms with van der Waals surface area (Å²) in [7, 11) is 9.06. The average Bonchev–Trinajstić information content (AvgIpc) is 0.939. The first-order valence-corrected chi connectivity index (χ1v) is 30.4. The molecule has 96 heavy (non-hydrogen) atoms. The summed E-state index contributed by atoms with van der Waals surface area (Å²) in [5.41, 5.74) is 0. The predicted molar refractivity (Wildman–Crippen MR) is 326 cm³/mol. The maximum absolute atomic E-state index is 14.4. The third kappa shape index (κ3) is 32.5. The van der Waals surface area contributed by atoms with Crippen LogP contribution in [0.1, 0.15) is 12.8 Å². The SMILES string of the molecule is CNCC(=O)N(C)CC(=O)N(C)CC(=O)N(C)C(CCCN(C[C@H](O)[C@@H](O)[C@H](O)[C@H](O)CO)C[C@H](O)[C@@H](O)[C@H](O)[C@H](O)CO)C(=O)N(C)CC(=O)N(C)CC(=O)N(C)CC(=O)NCCOCCOCCOC(=O)N(C[C@H](O)[C@@H](O)[C@H](O)[C@H](O)CO)C[C@H](O)[C@@H](O)[C@H](O)[C@H](O)CO. The third-order valence-electron chi connectivity index (χ3n) is 15.0. The summed E-state index contributed by atoms with van der Waals surface area (Å²) in [6.07, 6.45) is -34.3. The van der Waals surface area contributed by atoms with Crippen LogP contribution in [0.5, 0.6) is 0 Å². The number of hydrogen-bond acceptors (Lipinski definition) is 33. The first-order valence-electron chi connectivity index (χ1n) is 30.4. The zero-order valence-corrected chi connectivity index (χ0v) is 55.1. The fraction of sp³-hybridized carbons (Fsp3) is 0.855. The van der Waals surface area contributed by atoms with Gasteiger partial charge in [0.15, 0.2) is 0 Å². The van der Waals surface area contributed by atoms with Crippen molar-refractivity contribution < 1.29 is 155 Å². The lowest BCUT2D eigenvalue weighted by Crippen LogP contribution is -2.54. The Morgan fingerprint density at radius 3 is 1.12 bits per heavy atom. The van der Waals surface area contributed by atoms with E-state index in [1.165, 1.54) is 54.2 Å². The standard InChI is InChI=1S/C55H106N10O31/c1-56-17-41(79)59(3)23-43(81)61(5)26-45(83)63(7)31(9-8-11-64(18-32(70)46(84)50(88)36(74)27-66)19-33(71)47(85)51(89)37(75)28-67)54(92)62(6)25-44(82)60(4)24-42(80)58(2)22-40(78)57-10-12-94-13-14-95-15-16-96-55(93)65(20-34(72)48(86)52(90)38(76)29-68)21-35(73)49(87)53(91)39(77)30-69/h31-39,46-53,56,66-77,84-91H,8-30H2,1-7H3,(H,57,78)/t31?,32-,33-,34-,35-,36+,37+,38+,39+,46+,47+,48+,49+,50+,51+,52+,53+/m0/s1. The highest BCUT2D eigenvalue weighted by Gasteiger charge is 2.39. The second-order valence-corrected chi connectivity index (χ2v) is 22.9. The van der Waals surface area contributed by atoms with Gasteiger partial charge in [-0.3, -0.25) is 38.5 Å². The monoisotopic (exact) mass is 1400 g/mol. The second-order valence-electron chi connectivity index (χ2n) is 22.9. The molecule has 0 fully saturated rings. The van der Waals surface area contributed by atoms with Crippen molar-refractivity contribution in [1.82, 2.24) is 49.8 Å². The molecule has 22 N–H and O–H groups in total. The molecule has 0 aromatic carbocycles. The largest absolute Gasteiger partial charge is 0.447 e. The van der Waals surface area contributed by atoms with E-state index in [1.54, 1.807) is 0 Å². The van der Waals surface area contributed by atoms with Gasteiger partial charge in [0, 0.05) is 61.9 Å². The van der Waals surface area contributed by atoms with Gasteiger partial charge < -0.3 is 161 Å². The van der Waals surface area contributed by atoms with Crippen molar-refractivity contribution in [2.24, 2.45) is 0 Å². The van der Waals surface area contributed by atoms with Gasteiger partial charge in [-0.05, 0) is 26.4 Å². The average molecular weight is 1400 g/mol. The lowest BCUT2D eigenvalue weighted by atomic mass is 10.0. The van der Waals surface area contributed by atoms with E-state index in [0.29, 0.717) is 4.90 Å². The van der Waals surface area contributed by atoms with E-state index in [2.05, 4.69) is 10.6 Å². The highest BCUT2D eigenvalue weighted by atomic mass is 16.6. The van der Waals surface area contributed by atoms with Crippen LogP contribution in [0.3, 0.4) is 0 Å². The van der Waals surface area contributed by atoms with Crippen molar-refractivity contribution in [2.45, 2.75) is 117 Å². The lowest BCUT2D eigenvalue weighted by Gasteiger charge is -2.35. The summed E-state index contributed by atoms with van der Waals surface area (Å²) in [6, 6.07) is -1.47. The summed E-state index contributed by atoms with van der Waals surface area (Å²) < 4.78 is 15.8. The summed E-state index contributed by atoms with van der Waals surface area (Å²) >= 11 is 0. The van der Waals surface area contributed by atoms with Crippen molar-refractivity contribution in [3.63, 3.8) is 0 Å². The molecule has 0 heterocycles. The first-order chi connectivity index (χ1) is 44.9. The highest BCUT2D eigenvalue weighted by Crippen LogP contribution is 2.17. The number of ether oxygens (including phenoxy) is 3. The van der Waals surface area contributed by atoms with Gasteiger partial charge in [0.25, 0.3) is 0 Å². The second kappa shape index (κ2) is 47.6. The number of hydrogen-bond donors (Lipinski definition) is 22. The Labute approximate surface area is 554 Å². The molecule has 0 aliphatic carbocycles. The normalized spacial score (nSPS) is 17.1. The van der Waals surface area contributed by atoms with Crippen molar-refractivity contribution >= 4 is 47.4 Å². The molecule has 41 heteroatoms. The smallest absolute Gasteiger partial charge is 0.410 e. The van der Waals surface area contributed by atoms with Crippen LogP contribution >= 0.6 is 0 Å². The summed E-state index contributed by atoms with van der Waals surface area (Å²) in [5.74, 6) is -4.96. The van der Waals surface area contributed by atoms with Gasteiger partial charge in [-0.15, -0.1) is 0 Å². The Morgan fingerprint density at radius 2 is 0.729 bits per heavy atom. The maximum atomic E-state index is 14.4. The van der Waals surface area contributed by atoms with Crippen LogP contribution in [0, 0.1) is 0 Å². The molecule has 0 aliphatic heterocycles. The molecule has 0 rings (SSSR count). The van der Waals surface area contributed by atoms with E-state index < -0.39 is 243 Å². The Morgan fingerprint density at radius 1 is 0.396 bits per heavy atom. The van der Waals surface area contributed by atoms with Crippen molar-refractivity contribution in [2.75, 3.05) is 187 Å². The zero-order valence-electron chi connectivity index (χ0n) is 55.1. The van der Waals surface area contributed by atoms with Gasteiger partial charge in [-0.2, -0.15) is 0 Å². The molecule has 0 bridgehead atoms. The van der Waals surface area contributed by atoms with Crippen LogP contribution in [0.4, 0.5) is 4.79 Å². The van der Waals surface area contributed by atoms with Crippen LogP contribution in [0.25, 0.3) is 0 Å². The van der Waals surface area contributed by atoms with Crippen LogP contribution in [-0.4, -0.2) is 480 Å². The summed E-state index contributed by atoms with van der Waals surface area (Å²) in [4.78, 5) is 114. The van der Waals surface area contributed by atoms with Crippen LogP contribution in [-0.2, 0) is 47.8 Å². The van der Waals surface area contributed by atoms with E-state index in [9.17, 15) is 130 Å². The first kappa shape index (κ1) is 90.6. The number of aliphatic hydroxyl groups is 20. The lowest BCUT2D eigenvalue weighted by molar-refractivity contribution is -0.149. The van der Waals surface area contributed by atoms with E-state index in [1.807, 2.05) is 0 Å². The maximum Gasteiger partial charge on any atom is 0.410 e. The van der Waals surface area contributed by atoms with E-state index in [-0.39, 0.29) is 58.9 Å². The van der Waals surface area contributed by atoms with E-state index in [0.717, 1.165) is 29.4 Å². The fourth-order valence-electron chi connectivity index (χ4n) is 8.70. The molecule has 0 aromatic rings. The minimum atomic E-state index is -2.16. The molecular formula is C55H106N10O31. The molecule has 0 saturated heterocycles. The molecule has 8 amide bonds. The van der Waals surface area contributed by atoms with Gasteiger partial charge in [0.1, 0.15) is 98.1 Å². The number of amides is 8. The Hall–Kier alpha value is -5.40. The molecule has 0 radical (unpaired) electrons. The fourth-order valence-corrected chi connectivity index (χ4v) is 8.70. The summed E-state index contributed by atoms with van der Waals surface area (Å²) in [5, 5.41) is 206. The molecule has 0 aliphatic rings. The molecule has 0 aromatic heterocycles.